The first-order valence-corrected chi connectivity index (χ1v) is 7.43. The highest BCUT2D eigenvalue weighted by Gasteiger charge is 2.35. The van der Waals surface area contributed by atoms with E-state index in [2.05, 4.69) is 15.3 Å². The highest BCUT2D eigenvalue weighted by molar-refractivity contribution is 5.91. The number of alkyl halides is 3. The zero-order valence-corrected chi connectivity index (χ0v) is 13.8. The maximum absolute atomic E-state index is 13.0. The molecular weight excluding hydrogens is 305 g/mol. The fourth-order valence-corrected chi connectivity index (χ4v) is 2.45. The Bertz CT molecular complexity index is 696. The summed E-state index contributed by atoms with van der Waals surface area (Å²) in [6, 6.07) is 3.64. The number of benzene rings is 1. The number of nitrogens with one attached hydrogen (secondary N) is 1. The standard InChI is InChI=1S/C16H21F3N4/c1-10-8-11(2)13-12(9-10)14(20-6-5-7-23(3)4)22-15(21-13)16(17,18)19/h8-9H,5-7H2,1-4H3,(H,20,21,22). The molecule has 0 aliphatic carbocycles. The maximum Gasteiger partial charge on any atom is 0.451 e. The van der Waals surface area contributed by atoms with Crippen LogP contribution in [-0.4, -0.2) is 42.1 Å². The lowest BCUT2D eigenvalue weighted by Gasteiger charge is -2.15. The van der Waals surface area contributed by atoms with E-state index in [9.17, 15) is 13.2 Å². The Labute approximate surface area is 133 Å². The zero-order valence-electron chi connectivity index (χ0n) is 13.8. The Hall–Kier alpha value is -1.89. The number of hydrogen-bond acceptors (Lipinski definition) is 4. The number of hydrogen-bond donors (Lipinski definition) is 1. The van der Waals surface area contributed by atoms with Crippen molar-refractivity contribution in [3.63, 3.8) is 0 Å². The molecule has 0 radical (unpaired) electrons. The molecule has 126 valence electrons. The second-order valence-corrected chi connectivity index (χ2v) is 5.96. The zero-order chi connectivity index (χ0) is 17.2. The van der Waals surface area contributed by atoms with E-state index in [1.165, 1.54) is 0 Å². The van der Waals surface area contributed by atoms with Crippen LogP contribution in [0, 0.1) is 13.8 Å². The molecule has 1 aromatic carbocycles. The molecule has 0 aliphatic heterocycles. The van der Waals surface area contributed by atoms with Gasteiger partial charge in [0.1, 0.15) is 5.82 Å². The molecule has 1 heterocycles. The van der Waals surface area contributed by atoms with Gasteiger partial charge in [0.2, 0.25) is 5.82 Å². The van der Waals surface area contributed by atoms with Crippen LogP contribution in [0.2, 0.25) is 0 Å². The Morgan fingerprint density at radius 3 is 2.43 bits per heavy atom. The van der Waals surface area contributed by atoms with Crippen LogP contribution in [0.3, 0.4) is 0 Å². The van der Waals surface area contributed by atoms with Crippen molar-refractivity contribution in [1.29, 1.82) is 0 Å². The second kappa shape index (κ2) is 6.70. The highest BCUT2D eigenvalue weighted by Crippen LogP contribution is 2.31. The number of nitrogens with zero attached hydrogens (tertiary/aromatic N) is 3. The third-order valence-electron chi connectivity index (χ3n) is 3.46. The SMILES string of the molecule is Cc1cc(C)c2nc(C(F)(F)F)nc(NCCCN(C)C)c2c1. The summed E-state index contributed by atoms with van der Waals surface area (Å²) < 4.78 is 39.1. The van der Waals surface area contributed by atoms with Gasteiger partial charge in [0.25, 0.3) is 0 Å². The van der Waals surface area contributed by atoms with Gasteiger partial charge in [-0.2, -0.15) is 13.2 Å². The van der Waals surface area contributed by atoms with Crippen molar-refractivity contribution in [1.82, 2.24) is 14.9 Å². The van der Waals surface area contributed by atoms with Crippen molar-refractivity contribution < 1.29 is 13.2 Å². The number of rotatable bonds is 5. The van der Waals surface area contributed by atoms with Gasteiger partial charge >= 0.3 is 6.18 Å². The lowest BCUT2D eigenvalue weighted by atomic mass is 10.1. The van der Waals surface area contributed by atoms with Crippen LogP contribution < -0.4 is 5.32 Å². The molecule has 23 heavy (non-hydrogen) atoms. The summed E-state index contributed by atoms with van der Waals surface area (Å²) in [7, 11) is 3.91. The van der Waals surface area contributed by atoms with E-state index in [1.807, 2.05) is 38.1 Å². The highest BCUT2D eigenvalue weighted by atomic mass is 19.4. The van der Waals surface area contributed by atoms with Gasteiger partial charge in [0, 0.05) is 11.9 Å². The minimum Gasteiger partial charge on any atom is -0.369 e. The van der Waals surface area contributed by atoms with Crippen LogP contribution in [0.5, 0.6) is 0 Å². The Morgan fingerprint density at radius 1 is 1.13 bits per heavy atom. The molecule has 0 saturated carbocycles. The Balaban J connectivity index is 2.43. The topological polar surface area (TPSA) is 41.1 Å². The molecule has 0 unspecified atom stereocenters. The molecule has 1 aromatic heterocycles. The van der Waals surface area contributed by atoms with Gasteiger partial charge in [0.05, 0.1) is 5.52 Å². The summed E-state index contributed by atoms with van der Waals surface area (Å²) in [6.45, 7) is 5.06. The van der Waals surface area contributed by atoms with E-state index in [4.69, 9.17) is 0 Å². The minimum absolute atomic E-state index is 0.243. The fraction of sp³-hybridized carbons (Fsp3) is 0.500. The molecule has 1 N–H and O–H groups in total. The van der Waals surface area contributed by atoms with Gasteiger partial charge in [-0.05, 0) is 58.1 Å². The molecule has 2 rings (SSSR count). The van der Waals surface area contributed by atoms with Crippen molar-refractivity contribution in [2.75, 3.05) is 32.5 Å². The van der Waals surface area contributed by atoms with E-state index >= 15 is 0 Å². The molecule has 0 amide bonds. The number of fused-ring (bicyclic) bond motifs is 1. The summed E-state index contributed by atoms with van der Waals surface area (Å²) in [5.41, 5.74) is 2.02. The van der Waals surface area contributed by atoms with Crippen LogP contribution in [0.1, 0.15) is 23.4 Å². The fourth-order valence-electron chi connectivity index (χ4n) is 2.45. The van der Waals surface area contributed by atoms with Crippen LogP contribution >= 0.6 is 0 Å². The molecule has 0 aliphatic rings. The van der Waals surface area contributed by atoms with E-state index in [1.54, 1.807) is 6.92 Å². The number of halogens is 3. The van der Waals surface area contributed by atoms with Crippen molar-refractivity contribution in [3.05, 3.63) is 29.1 Å². The molecule has 0 spiro atoms. The first kappa shape index (κ1) is 17.5. The van der Waals surface area contributed by atoms with Crippen LogP contribution in [-0.2, 0) is 6.18 Å². The molecule has 0 bridgehead atoms. The van der Waals surface area contributed by atoms with Crippen molar-refractivity contribution in [2.24, 2.45) is 0 Å². The Morgan fingerprint density at radius 2 is 1.83 bits per heavy atom. The first-order chi connectivity index (χ1) is 10.7. The van der Waals surface area contributed by atoms with Gasteiger partial charge in [-0.15, -0.1) is 0 Å². The number of aryl methyl sites for hydroxylation is 2. The molecule has 7 heteroatoms. The molecule has 0 fully saturated rings. The largest absolute Gasteiger partial charge is 0.451 e. The van der Waals surface area contributed by atoms with Crippen LogP contribution in [0.15, 0.2) is 12.1 Å². The lowest BCUT2D eigenvalue weighted by Crippen LogP contribution is -2.18. The van der Waals surface area contributed by atoms with Gasteiger partial charge < -0.3 is 10.2 Å². The van der Waals surface area contributed by atoms with Crippen LogP contribution in [0.25, 0.3) is 10.9 Å². The van der Waals surface area contributed by atoms with Crippen molar-refractivity contribution in [2.45, 2.75) is 26.4 Å². The summed E-state index contributed by atoms with van der Waals surface area (Å²) in [5, 5.41) is 3.66. The molecule has 4 nitrogen and oxygen atoms in total. The third-order valence-corrected chi connectivity index (χ3v) is 3.46. The minimum atomic E-state index is -4.56. The third kappa shape index (κ3) is 4.31. The maximum atomic E-state index is 13.0. The van der Waals surface area contributed by atoms with Gasteiger partial charge in [-0.3, -0.25) is 0 Å². The summed E-state index contributed by atoms with van der Waals surface area (Å²) in [4.78, 5) is 9.45. The lowest BCUT2D eigenvalue weighted by molar-refractivity contribution is -0.144. The van der Waals surface area contributed by atoms with E-state index < -0.39 is 12.0 Å². The van der Waals surface area contributed by atoms with E-state index in [0.717, 1.165) is 18.5 Å². The predicted molar refractivity (Wildman–Crippen MR) is 85.7 cm³/mol. The number of anilines is 1. The first-order valence-electron chi connectivity index (χ1n) is 7.43. The monoisotopic (exact) mass is 326 g/mol. The predicted octanol–water partition coefficient (Wildman–Crippen LogP) is 3.63. The normalized spacial score (nSPS) is 12.2. The average Bonchev–Trinajstić information content (AvgIpc) is 2.42. The van der Waals surface area contributed by atoms with Gasteiger partial charge in [-0.1, -0.05) is 6.07 Å². The molecule has 2 aromatic rings. The van der Waals surface area contributed by atoms with Gasteiger partial charge in [0.15, 0.2) is 0 Å². The number of aromatic nitrogens is 2. The van der Waals surface area contributed by atoms with Crippen LogP contribution in [0.4, 0.5) is 19.0 Å². The molecule has 0 atom stereocenters. The molecule has 0 saturated heterocycles. The van der Waals surface area contributed by atoms with E-state index in [0.29, 0.717) is 23.0 Å². The Kier molecular flexibility index (Phi) is 5.09. The summed E-state index contributed by atoms with van der Waals surface area (Å²) in [5.74, 6) is -0.861. The average molecular weight is 326 g/mol. The molecular formula is C16H21F3N4. The second-order valence-electron chi connectivity index (χ2n) is 5.96. The summed E-state index contributed by atoms with van der Waals surface area (Å²) >= 11 is 0. The summed E-state index contributed by atoms with van der Waals surface area (Å²) in [6.07, 6.45) is -3.75. The smallest absolute Gasteiger partial charge is 0.369 e. The van der Waals surface area contributed by atoms with E-state index in [-0.39, 0.29) is 5.82 Å². The van der Waals surface area contributed by atoms with Crippen molar-refractivity contribution >= 4 is 16.7 Å². The van der Waals surface area contributed by atoms with Gasteiger partial charge in [-0.25, -0.2) is 9.97 Å². The van der Waals surface area contributed by atoms with Crippen molar-refractivity contribution in [3.8, 4) is 0 Å². The quantitative estimate of drug-likeness (QED) is 0.852.